The van der Waals surface area contributed by atoms with Crippen LogP contribution in [0.4, 0.5) is 13.2 Å². The van der Waals surface area contributed by atoms with Crippen LogP contribution in [0.3, 0.4) is 0 Å². The molecule has 2 aromatic carbocycles. The first kappa shape index (κ1) is 13.1. The number of alkyl halides is 3. The van der Waals surface area contributed by atoms with Gasteiger partial charge in [0.25, 0.3) is 0 Å². The van der Waals surface area contributed by atoms with Crippen LogP contribution in [-0.2, 0) is 6.18 Å². The average Bonchev–Trinajstić information content (AvgIpc) is 2.86. The van der Waals surface area contributed by atoms with Crippen molar-refractivity contribution in [1.82, 2.24) is 0 Å². The van der Waals surface area contributed by atoms with Gasteiger partial charge in [-0.1, -0.05) is 23.7 Å². The maximum Gasteiger partial charge on any atom is 0.417 e. The molecule has 0 unspecified atom stereocenters. The van der Waals surface area contributed by atoms with Gasteiger partial charge in [0.1, 0.15) is 0 Å². The lowest BCUT2D eigenvalue weighted by atomic mass is 10.0. The average molecular weight is 300 g/mol. The summed E-state index contributed by atoms with van der Waals surface area (Å²) in [5.41, 5.74) is -0.160. The Bertz CT molecular complexity index is 668. The van der Waals surface area contributed by atoms with Gasteiger partial charge >= 0.3 is 6.18 Å². The Labute approximate surface area is 117 Å². The molecule has 0 aliphatic carbocycles. The summed E-state index contributed by atoms with van der Waals surface area (Å²) in [6.45, 7) is 0.0216. The van der Waals surface area contributed by atoms with E-state index in [-0.39, 0.29) is 6.79 Å². The second kappa shape index (κ2) is 4.59. The van der Waals surface area contributed by atoms with Crippen molar-refractivity contribution < 1.29 is 22.6 Å². The summed E-state index contributed by atoms with van der Waals surface area (Å²) in [7, 11) is 0. The molecule has 0 saturated carbocycles. The van der Waals surface area contributed by atoms with E-state index in [9.17, 15) is 13.2 Å². The lowest BCUT2D eigenvalue weighted by molar-refractivity contribution is -0.137. The fraction of sp³-hybridized carbons (Fsp3) is 0.143. The van der Waals surface area contributed by atoms with Crippen LogP contribution in [0.2, 0.25) is 5.02 Å². The van der Waals surface area contributed by atoms with E-state index in [4.69, 9.17) is 21.1 Å². The molecule has 0 fully saturated rings. The van der Waals surface area contributed by atoms with Gasteiger partial charge in [0.15, 0.2) is 11.5 Å². The van der Waals surface area contributed by atoms with Crippen molar-refractivity contribution in [3.63, 3.8) is 0 Å². The summed E-state index contributed by atoms with van der Waals surface area (Å²) in [5, 5.41) is 0.300. The van der Waals surface area contributed by atoms with Crippen LogP contribution < -0.4 is 9.47 Å². The molecule has 0 saturated heterocycles. The van der Waals surface area contributed by atoms with Crippen molar-refractivity contribution in [2.24, 2.45) is 0 Å². The molecule has 1 aliphatic rings. The second-order valence-electron chi connectivity index (χ2n) is 4.14. The zero-order valence-corrected chi connectivity index (χ0v) is 10.7. The van der Waals surface area contributed by atoms with E-state index in [2.05, 4.69) is 6.07 Å². The summed E-state index contributed by atoms with van der Waals surface area (Å²) in [6.07, 6.45) is -4.46. The molecule has 0 N–H and O–H groups in total. The second-order valence-corrected chi connectivity index (χ2v) is 4.55. The third-order valence-electron chi connectivity index (χ3n) is 2.88. The van der Waals surface area contributed by atoms with Crippen molar-refractivity contribution in [2.45, 2.75) is 6.18 Å². The van der Waals surface area contributed by atoms with Gasteiger partial charge in [0.05, 0.1) is 10.6 Å². The molecule has 0 atom stereocenters. The monoisotopic (exact) mass is 299 g/mol. The summed E-state index contributed by atoms with van der Waals surface area (Å²) in [6, 6.07) is 9.05. The van der Waals surface area contributed by atoms with Gasteiger partial charge < -0.3 is 9.47 Å². The Morgan fingerprint density at radius 3 is 2.70 bits per heavy atom. The van der Waals surface area contributed by atoms with E-state index in [1.807, 2.05) is 0 Å². The van der Waals surface area contributed by atoms with Crippen molar-refractivity contribution in [1.29, 1.82) is 0 Å². The topological polar surface area (TPSA) is 18.5 Å². The lowest BCUT2D eigenvalue weighted by Crippen LogP contribution is -2.05. The Kier molecular flexibility index (Phi) is 3.01. The SMILES string of the molecule is FC(F)(F)c1[c]ccc(-c2c(Cl)ccc3c2OCO3)c1. The molecule has 6 heteroatoms. The Balaban J connectivity index is 2.17. The lowest BCUT2D eigenvalue weighted by Gasteiger charge is -2.11. The molecule has 2 nitrogen and oxygen atoms in total. The van der Waals surface area contributed by atoms with Crippen LogP contribution in [-0.4, -0.2) is 6.79 Å². The van der Waals surface area contributed by atoms with Gasteiger partial charge in [0.2, 0.25) is 6.79 Å². The molecule has 2 aromatic rings. The smallest absolute Gasteiger partial charge is 0.417 e. The number of ether oxygens (including phenoxy) is 2. The summed E-state index contributed by atoms with van der Waals surface area (Å²) in [4.78, 5) is 0. The van der Waals surface area contributed by atoms with E-state index >= 15 is 0 Å². The van der Waals surface area contributed by atoms with E-state index < -0.39 is 11.7 Å². The van der Waals surface area contributed by atoms with E-state index in [0.29, 0.717) is 27.6 Å². The van der Waals surface area contributed by atoms with Gasteiger partial charge in [-0.15, -0.1) is 0 Å². The Morgan fingerprint density at radius 2 is 1.95 bits per heavy atom. The number of hydrogen-bond acceptors (Lipinski definition) is 2. The van der Waals surface area contributed by atoms with Gasteiger partial charge in [0, 0.05) is 5.56 Å². The number of halogens is 4. The highest BCUT2D eigenvalue weighted by molar-refractivity contribution is 6.33. The van der Waals surface area contributed by atoms with Gasteiger partial charge in [-0.05, 0) is 29.8 Å². The molecular formula is C14H7ClF3O2. The highest BCUT2D eigenvalue weighted by Crippen LogP contribution is 2.46. The minimum Gasteiger partial charge on any atom is -0.454 e. The molecular weight excluding hydrogens is 293 g/mol. The zero-order chi connectivity index (χ0) is 14.3. The van der Waals surface area contributed by atoms with Crippen LogP contribution in [0, 0.1) is 6.07 Å². The molecule has 0 aromatic heterocycles. The first-order chi connectivity index (χ1) is 9.47. The van der Waals surface area contributed by atoms with E-state index in [1.165, 1.54) is 12.1 Å². The molecule has 0 bridgehead atoms. The molecule has 1 aliphatic heterocycles. The number of hydrogen-bond donors (Lipinski definition) is 0. The van der Waals surface area contributed by atoms with Crippen molar-refractivity contribution >= 4 is 11.6 Å². The van der Waals surface area contributed by atoms with Crippen molar-refractivity contribution in [3.05, 3.63) is 47.0 Å². The van der Waals surface area contributed by atoms with E-state index in [0.717, 1.165) is 6.07 Å². The molecule has 3 rings (SSSR count). The Hall–Kier alpha value is -1.88. The number of fused-ring (bicyclic) bond motifs is 1. The third kappa shape index (κ3) is 2.18. The molecule has 103 valence electrons. The predicted octanol–water partition coefficient (Wildman–Crippen LogP) is 4.55. The van der Waals surface area contributed by atoms with E-state index in [1.54, 1.807) is 12.1 Å². The highest BCUT2D eigenvalue weighted by atomic mass is 35.5. The first-order valence-corrected chi connectivity index (χ1v) is 6.02. The van der Waals surface area contributed by atoms with Crippen molar-refractivity contribution in [3.8, 4) is 22.6 Å². The summed E-state index contributed by atoms with van der Waals surface area (Å²) < 4.78 is 48.7. The van der Waals surface area contributed by atoms with Crippen LogP contribution in [0.25, 0.3) is 11.1 Å². The largest absolute Gasteiger partial charge is 0.454 e. The molecule has 20 heavy (non-hydrogen) atoms. The number of rotatable bonds is 1. The van der Waals surface area contributed by atoms with Crippen LogP contribution in [0.1, 0.15) is 5.56 Å². The maximum absolute atomic E-state index is 12.7. The first-order valence-electron chi connectivity index (χ1n) is 5.64. The molecule has 1 radical (unpaired) electrons. The van der Waals surface area contributed by atoms with Gasteiger partial charge in [-0.3, -0.25) is 0 Å². The maximum atomic E-state index is 12.7. The zero-order valence-electron chi connectivity index (χ0n) is 9.92. The fourth-order valence-electron chi connectivity index (χ4n) is 2.00. The molecule has 0 amide bonds. The van der Waals surface area contributed by atoms with Crippen molar-refractivity contribution in [2.75, 3.05) is 6.79 Å². The van der Waals surface area contributed by atoms with Crippen LogP contribution >= 0.6 is 11.6 Å². The highest BCUT2D eigenvalue weighted by Gasteiger charge is 2.31. The van der Waals surface area contributed by atoms with Gasteiger partial charge in [-0.2, -0.15) is 13.2 Å². The summed E-state index contributed by atoms with van der Waals surface area (Å²) >= 11 is 6.08. The fourth-order valence-corrected chi connectivity index (χ4v) is 2.26. The predicted molar refractivity (Wildman–Crippen MR) is 66.8 cm³/mol. The summed E-state index contributed by atoms with van der Waals surface area (Å²) in [5.74, 6) is 0.822. The minimum absolute atomic E-state index is 0.0216. The minimum atomic E-state index is -4.46. The van der Waals surface area contributed by atoms with Crippen LogP contribution in [0.5, 0.6) is 11.5 Å². The third-order valence-corrected chi connectivity index (χ3v) is 3.20. The quantitative estimate of drug-likeness (QED) is 0.769. The normalized spacial score (nSPS) is 13.6. The van der Waals surface area contributed by atoms with Gasteiger partial charge in [-0.25, -0.2) is 0 Å². The number of benzene rings is 2. The van der Waals surface area contributed by atoms with Crippen LogP contribution in [0.15, 0.2) is 30.3 Å². The Morgan fingerprint density at radius 1 is 1.15 bits per heavy atom. The standard InChI is InChI=1S/C14H7ClF3O2/c15-10-4-5-11-13(20-7-19-11)12(10)8-2-1-3-9(6-8)14(16,17)18/h1-2,4-6H,7H2. The molecule has 1 heterocycles. The molecule has 0 spiro atoms.